The van der Waals surface area contributed by atoms with Gasteiger partial charge in [0, 0.05) is 54.3 Å². The highest BCUT2D eigenvalue weighted by Crippen LogP contribution is 2.44. The largest absolute Gasteiger partial charge is 0.462 e. The second-order valence-corrected chi connectivity index (χ2v) is 22.3. The fourth-order valence-corrected chi connectivity index (χ4v) is 10.1. The molecule has 2 heterocycles. The summed E-state index contributed by atoms with van der Waals surface area (Å²) in [6.45, 7) is 23.4. The molecule has 0 saturated carbocycles. The van der Waals surface area contributed by atoms with Crippen LogP contribution in [-0.2, 0) is 19.1 Å². The lowest BCUT2D eigenvalue weighted by Gasteiger charge is -2.55. The van der Waals surface area contributed by atoms with E-state index in [2.05, 4.69) is 86.5 Å². The van der Waals surface area contributed by atoms with Crippen molar-refractivity contribution in [3.05, 3.63) is 0 Å². The monoisotopic (exact) mass is 861 g/mol. The van der Waals surface area contributed by atoms with Crippen LogP contribution < -0.4 is 5.32 Å². The molecule has 2 fully saturated rings. The topological polar surface area (TPSA) is 67.9 Å². The summed E-state index contributed by atoms with van der Waals surface area (Å²) >= 11 is 0. The lowest BCUT2D eigenvalue weighted by Crippen LogP contribution is -2.62. The van der Waals surface area contributed by atoms with Gasteiger partial charge in [0.1, 0.15) is 12.2 Å². The van der Waals surface area contributed by atoms with E-state index < -0.39 is 0 Å². The lowest BCUT2D eigenvalue weighted by molar-refractivity contribution is -0.171. The van der Waals surface area contributed by atoms with E-state index in [0.29, 0.717) is 12.8 Å². The van der Waals surface area contributed by atoms with Crippen LogP contribution in [-0.4, -0.2) is 59.3 Å². The number of unbranched alkanes of at least 4 members (excludes halogenated alkanes) is 28. The smallest absolute Gasteiger partial charge is 0.306 e. The minimum absolute atomic E-state index is 0.00296. The zero-order valence-electron chi connectivity index (χ0n) is 43.2. The molecule has 2 saturated heterocycles. The first-order valence-electron chi connectivity index (χ1n) is 26.9. The maximum atomic E-state index is 12.4. The Bertz CT molecular complexity index is 1070. The van der Waals surface area contributed by atoms with Crippen molar-refractivity contribution in [2.24, 2.45) is 5.41 Å². The average Bonchev–Trinajstić information content (AvgIpc) is 3.17. The SMILES string of the molecule is CCCCCCCCCCCCCCCCCC(=O)OC1CC(C)(C)NC(C)(C)C1.CCCCCCCCCCCCCCCCCC(=O)OC1CCN(C)C(C)(C)C1(C)C. The van der Waals surface area contributed by atoms with E-state index >= 15 is 0 Å². The molecule has 0 radical (unpaired) electrons. The Hall–Kier alpha value is -1.14. The van der Waals surface area contributed by atoms with Gasteiger partial charge in [0.2, 0.25) is 0 Å². The zero-order chi connectivity index (χ0) is 45.5. The van der Waals surface area contributed by atoms with Gasteiger partial charge in [0.15, 0.2) is 0 Å². The fraction of sp³-hybridized carbons (Fsp3) is 0.964. The lowest BCUT2D eigenvalue weighted by atomic mass is 9.66. The highest BCUT2D eigenvalue weighted by Gasteiger charge is 2.50. The Balaban J connectivity index is 0.000000610. The molecule has 1 unspecified atom stereocenters. The Morgan fingerprint density at radius 2 is 0.770 bits per heavy atom. The molecule has 61 heavy (non-hydrogen) atoms. The highest BCUT2D eigenvalue weighted by atomic mass is 16.5. The summed E-state index contributed by atoms with van der Waals surface area (Å²) in [6, 6.07) is 0. The number of hydrogen-bond acceptors (Lipinski definition) is 6. The average molecular weight is 861 g/mol. The van der Waals surface area contributed by atoms with Gasteiger partial charge in [-0.2, -0.15) is 0 Å². The third kappa shape index (κ3) is 27.7. The van der Waals surface area contributed by atoms with Gasteiger partial charge in [0.25, 0.3) is 0 Å². The van der Waals surface area contributed by atoms with E-state index in [0.717, 1.165) is 51.5 Å². The van der Waals surface area contributed by atoms with Crippen molar-refractivity contribution >= 4 is 11.9 Å². The fourth-order valence-electron chi connectivity index (χ4n) is 10.1. The number of ether oxygens (including phenoxy) is 2. The van der Waals surface area contributed by atoms with E-state index in [1.54, 1.807) is 0 Å². The van der Waals surface area contributed by atoms with Gasteiger partial charge in [-0.15, -0.1) is 0 Å². The summed E-state index contributed by atoms with van der Waals surface area (Å²) in [5.74, 6) is 0.0105. The van der Waals surface area contributed by atoms with E-state index in [-0.39, 0.29) is 46.2 Å². The molecule has 0 spiro atoms. The first-order chi connectivity index (χ1) is 29.0. The molecule has 0 amide bonds. The standard InChI is InChI=1S/C28H55NO2.C27H53NO2/c1-7-8-9-10-11-12-13-14-15-16-17-18-19-20-21-22-26(30)31-25-23-24-29(6)28(4,5)27(25,2)3;1-6-7-8-9-10-11-12-13-14-15-16-17-18-19-20-21-25(29)30-24-22-26(2,3)28-27(4,5)23-24/h25H,7-24H2,1-6H3;24,28H,6-23H2,1-5H3. The van der Waals surface area contributed by atoms with Gasteiger partial charge < -0.3 is 19.7 Å². The molecular weight excluding hydrogens is 753 g/mol. The predicted molar refractivity (Wildman–Crippen MR) is 264 cm³/mol. The molecule has 0 aromatic heterocycles. The molecule has 2 aliphatic heterocycles. The molecule has 2 rings (SSSR count). The first-order valence-corrected chi connectivity index (χ1v) is 26.9. The van der Waals surface area contributed by atoms with Crippen LogP contribution >= 0.6 is 0 Å². The number of piperidine rings is 2. The summed E-state index contributed by atoms with van der Waals surface area (Å²) in [4.78, 5) is 27.0. The number of esters is 2. The minimum Gasteiger partial charge on any atom is -0.462 e. The van der Waals surface area contributed by atoms with Gasteiger partial charge >= 0.3 is 11.9 Å². The molecule has 0 bridgehead atoms. The normalized spacial score (nSPS) is 19.6. The van der Waals surface area contributed by atoms with Crippen LogP contribution in [0.3, 0.4) is 0 Å². The summed E-state index contributed by atoms with van der Waals surface area (Å²) in [6.07, 6.45) is 44.5. The second-order valence-electron chi connectivity index (χ2n) is 22.3. The molecule has 362 valence electrons. The Labute approximate surface area is 381 Å². The maximum absolute atomic E-state index is 12.4. The zero-order valence-corrected chi connectivity index (χ0v) is 43.2. The number of carbonyl (C=O) groups excluding carboxylic acids is 2. The Kier molecular flexibility index (Phi) is 31.6. The van der Waals surface area contributed by atoms with Gasteiger partial charge in [-0.1, -0.05) is 207 Å². The Morgan fingerprint density at radius 1 is 0.475 bits per heavy atom. The van der Waals surface area contributed by atoms with Crippen LogP contribution in [0.4, 0.5) is 0 Å². The molecule has 2 aliphatic rings. The number of hydrogen-bond donors (Lipinski definition) is 1. The quantitative estimate of drug-likeness (QED) is 0.0513. The van der Waals surface area contributed by atoms with Crippen LogP contribution in [0.15, 0.2) is 0 Å². The summed E-state index contributed by atoms with van der Waals surface area (Å²) in [5.41, 5.74) is 0.0538. The van der Waals surface area contributed by atoms with Crippen LogP contribution in [0.25, 0.3) is 0 Å². The molecule has 6 heteroatoms. The van der Waals surface area contributed by atoms with Crippen LogP contribution in [0.2, 0.25) is 0 Å². The van der Waals surface area contributed by atoms with Crippen molar-refractivity contribution in [2.45, 2.75) is 323 Å². The highest BCUT2D eigenvalue weighted by molar-refractivity contribution is 5.70. The van der Waals surface area contributed by atoms with Crippen molar-refractivity contribution in [3.63, 3.8) is 0 Å². The van der Waals surface area contributed by atoms with Crippen LogP contribution in [0, 0.1) is 5.41 Å². The van der Waals surface area contributed by atoms with Crippen molar-refractivity contribution in [2.75, 3.05) is 13.6 Å². The van der Waals surface area contributed by atoms with Gasteiger partial charge in [0.05, 0.1) is 0 Å². The number of rotatable bonds is 34. The number of nitrogens with one attached hydrogen (secondary N) is 1. The number of nitrogens with zero attached hydrogens (tertiary/aromatic N) is 1. The first kappa shape index (κ1) is 57.9. The van der Waals surface area contributed by atoms with Crippen molar-refractivity contribution in [3.8, 4) is 0 Å². The molecule has 6 nitrogen and oxygen atoms in total. The number of likely N-dealkylation sites (tertiary alicyclic amines) is 1. The van der Waals surface area contributed by atoms with Crippen LogP contribution in [0.5, 0.6) is 0 Å². The molecule has 0 aromatic carbocycles. The van der Waals surface area contributed by atoms with Crippen molar-refractivity contribution in [1.82, 2.24) is 10.2 Å². The van der Waals surface area contributed by atoms with Crippen LogP contribution in [0.1, 0.15) is 294 Å². The predicted octanol–water partition coefficient (Wildman–Crippen LogP) is 16.4. The second kappa shape index (κ2) is 33.4. The summed E-state index contributed by atoms with van der Waals surface area (Å²) < 4.78 is 11.7. The molecule has 1 N–H and O–H groups in total. The molecule has 0 aliphatic carbocycles. The van der Waals surface area contributed by atoms with E-state index in [9.17, 15) is 9.59 Å². The third-order valence-corrected chi connectivity index (χ3v) is 14.8. The third-order valence-electron chi connectivity index (χ3n) is 14.8. The van der Waals surface area contributed by atoms with E-state index in [1.807, 2.05) is 0 Å². The molecule has 0 aromatic rings. The molecular formula is C55H108N2O4. The van der Waals surface area contributed by atoms with Gasteiger partial charge in [-0.3, -0.25) is 9.59 Å². The Morgan fingerprint density at radius 3 is 1.10 bits per heavy atom. The number of carbonyl (C=O) groups is 2. The summed E-state index contributed by atoms with van der Waals surface area (Å²) in [7, 11) is 2.18. The van der Waals surface area contributed by atoms with Gasteiger partial charge in [-0.25, -0.2) is 0 Å². The van der Waals surface area contributed by atoms with Gasteiger partial charge in [-0.05, 0) is 67.9 Å². The summed E-state index contributed by atoms with van der Waals surface area (Å²) in [5, 5.41) is 3.64. The minimum atomic E-state index is -0.0370. The van der Waals surface area contributed by atoms with E-state index in [4.69, 9.17) is 9.47 Å². The van der Waals surface area contributed by atoms with Crippen molar-refractivity contribution < 1.29 is 19.1 Å². The maximum Gasteiger partial charge on any atom is 0.306 e. The molecule has 1 atom stereocenters. The van der Waals surface area contributed by atoms with Crippen molar-refractivity contribution in [1.29, 1.82) is 0 Å². The van der Waals surface area contributed by atoms with E-state index in [1.165, 1.54) is 167 Å².